The third-order valence-electron chi connectivity index (χ3n) is 6.79. The number of sulfonamides is 1. The van der Waals surface area contributed by atoms with E-state index >= 15 is 0 Å². The highest BCUT2D eigenvalue weighted by molar-refractivity contribution is 7.92. The van der Waals surface area contributed by atoms with Gasteiger partial charge in [0.25, 0.3) is 10.0 Å². The van der Waals surface area contributed by atoms with Gasteiger partial charge in [-0.1, -0.05) is 79.0 Å². The Kier molecular flexibility index (Phi) is 11.5. The molecule has 0 bridgehead atoms. The summed E-state index contributed by atoms with van der Waals surface area (Å²) in [6.07, 6.45) is 0.997. The molecule has 0 saturated carbocycles. The number of amides is 2. The van der Waals surface area contributed by atoms with E-state index in [1.54, 1.807) is 62.4 Å². The number of anilines is 1. The molecule has 0 heterocycles. The minimum atomic E-state index is -4.20. The molecule has 41 heavy (non-hydrogen) atoms. The fourth-order valence-electron chi connectivity index (χ4n) is 4.28. The molecule has 0 aliphatic heterocycles. The molecule has 0 aliphatic rings. The van der Waals surface area contributed by atoms with Gasteiger partial charge in [0.15, 0.2) is 0 Å². The summed E-state index contributed by atoms with van der Waals surface area (Å²) in [5.74, 6) is -0.919. The third-order valence-corrected chi connectivity index (χ3v) is 9.39. The number of carbonyl (C=O) groups is 2. The zero-order valence-corrected chi connectivity index (χ0v) is 26.5. The Hall–Kier alpha value is -2.78. The van der Waals surface area contributed by atoms with Gasteiger partial charge in [-0.2, -0.15) is 0 Å². The van der Waals surface area contributed by atoms with Crippen LogP contribution in [0.25, 0.3) is 0 Å². The van der Waals surface area contributed by atoms with Crippen LogP contribution in [0, 0.1) is 6.92 Å². The van der Waals surface area contributed by atoms with Gasteiger partial charge in [-0.3, -0.25) is 13.9 Å². The maximum atomic E-state index is 14.2. The van der Waals surface area contributed by atoms with Crippen molar-refractivity contribution in [3.63, 3.8) is 0 Å². The summed E-state index contributed by atoms with van der Waals surface area (Å²) in [5.41, 5.74) is 1.43. The van der Waals surface area contributed by atoms with Gasteiger partial charge in [0.2, 0.25) is 11.8 Å². The van der Waals surface area contributed by atoms with Crippen LogP contribution in [0.5, 0.6) is 0 Å². The number of aryl methyl sites for hydroxylation is 1. The topological polar surface area (TPSA) is 86.8 Å². The summed E-state index contributed by atoms with van der Waals surface area (Å²) in [4.78, 5) is 29.0. The number of halogens is 3. The SMILES string of the molecule is CC[C@@H](C)NC(=O)[C@@H](CC)N(Cc1ccc(Cl)cc1Cl)C(=O)CN(c1cc(Cl)ccc1C)S(=O)(=O)c1ccccc1. The van der Waals surface area contributed by atoms with Crippen molar-refractivity contribution in [3.05, 3.63) is 92.9 Å². The van der Waals surface area contributed by atoms with E-state index in [2.05, 4.69) is 5.32 Å². The van der Waals surface area contributed by atoms with Crippen molar-refractivity contribution in [3.8, 4) is 0 Å². The normalized spacial score (nSPS) is 12.9. The lowest BCUT2D eigenvalue weighted by molar-refractivity contribution is -0.140. The fraction of sp³-hybridized carbons (Fsp3) is 0.333. The van der Waals surface area contributed by atoms with Crippen LogP contribution in [-0.4, -0.2) is 43.8 Å². The molecule has 2 amide bonds. The molecule has 220 valence electrons. The Morgan fingerprint density at radius 2 is 1.54 bits per heavy atom. The highest BCUT2D eigenvalue weighted by Crippen LogP contribution is 2.30. The quantitative estimate of drug-likeness (QED) is 0.235. The smallest absolute Gasteiger partial charge is 0.264 e. The van der Waals surface area contributed by atoms with Crippen LogP contribution in [0.15, 0.2) is 71.6 Å². The second kappa shape index (κ2) is 14.4. The standard InChI is InChI=1S/C30H34Cl3N3O4S/c1-5-21(4)34-30(38)27(6-2)35(18-22-13-15-23(31)16-26(22)33)29(37)19-36(28-17-24(32)14-12-20(28)3)41(39,40)25-10-8-7-9-11-25/h7-17,21,27H,5-6,18-19H2,1-4H3,(H,34,38)/t21-,27-/m1/s1. The minimum absolute atomic E-state index is 0.0148. The molecular formula is C30H34Cl3N3O4S. The van der Waals surface area contributed by atoms with Crippen molar-refractivity contribution in [2.24, 2.45) is 0 Å². The van der Waals surface area contributed by atoms with E-state index in [1.165, 1.54) is 23.1 Å². The van der Waals surface area contributed by atoms with Crippen LogP contribution in [-0.2, 0) is 26.2 Å². The molecule has 0 fully saturated rings. The van der Waals surface area contributed by atoms with Crippen molar-refractivity contribution < 1.29 is 18.0 Å². The highest BCUT2D eigenvalue weighted by atomic mass is 35.5. The van der Waals surface area contributed by atoms with Crippen LogP contribution >= 0.6 is 34.8 Å². The summed E-state index contributed by atoms with van der Waals surface area (Å²) >= 11 is 18.8. The molecule has 0 radical (unpaired) electrons. The van der Waals surface area contributed by atoms with Crippen LogP contribution < -0.4 is 9.62 Å². The molecule has 2 atom stereocenters. The molecule has 3 rings (SSSR count). The molecule has 3 aromatic carbocycles. The number of benzene rings is 3. The molecule has 7 nitrogen and oxygen atoms in total. The molecular weight excluding hydrogens is 605 g/mol. The van der Waals surface area contributed by atoms with Gasteiger partial charge < -0.3 is 10.2 Å². The zero-order valence-electron chi connectivity index (χ0n) is 23.4. The molecule has 1 N–H and O–H groups in total. The number of nitrogens with one attached hydrogen (secondary N) is 1. The summed E-state index contributed by atoms with van der Waals surface area (Å²) in [7, 11) is -4.20. The third kappa shape index (κ3) is 8.16. The highest BCUT2D eigenvalue weighted by Gasteiger charge is 2.34. The molecule has 3 aromatic rings. The summed E-state index contributed by atoms with van der Waals surface area (Å²) < 4.78 is 29.0. The second-order valence-corrected chi connectivity index (χ2v) is 12.9. The van der Waals surface area contributed by atoms with Crippen molar-refractivity contribution in [2.75, 3.05) is 10.8 Å². The van der Waals surface area contributed by atoms with Crippen molar-refractivity contribution in [1.82, 2.24) is 10.2 Å². The first-order chi connectivity index (χ1) is 19.4. The lowest BCUT2D eigenvalue weighted by Crippen LogP contribution is -2.53. The van der Waals surface area contributed by atoms with E-state index in [4.69, 9.17) is 34.8 Å². The van der Waals surface area contributed by atoms with Crippen molar-refractivity contribution in [2.45, 2.75) is 64.1 Å². The van der Waals surface area contributed by atoms with E-state index in [9.17, 15) is 18.0 Å². The molecule has 0 spiro atoms. The van der Waals surface area contributed by atoms with Crippen molar-refractivity contribution in [1.29, 1.82) is 0 Å². The summed E-state index contributed by atoms with van der Waals surface area (Å²) in [6.45, 7) is 6.75. The first-order valence-electron chi connectivity index (χ1n) is 13.3. The van der Waals surface area contributed by atoms with E-state index in [0.29, 0.717) is 39.0 Å². The summed E-state index contributed by atoms with van der Waals surface area (Å²) in [6, 6.07) is 16.6. The monoisotopic (exact) mass is 637 g/mol. The maximum Gasteiger partial charge on any atom is 0.264 e. The Balaban J connectivity index is 2.11. The number of hydrogen-bond acceptors (Lipinski definition) is 4. The number of nitrogens with zero attached hydrogens (tertiary/aromatic N) is 2. The summed E-state index contributed by atoms with van der Waals surface area (Å²) in [5, 5.41) is 4.01. The Morgan fingerprint density at radius 3 is 2.15 bits per heavy atom. The predicted octanol–water partition coefficient (Wildman–Crippen LogP) is 6.87. The number of hydrogen-bond donors (Lipinski definition) is 1. The van der Waals surface area contributed by atoms with Gasteiger partial charge in [0, 0.05) is 27.7 Å². The second-order valence-electron chi connectivity index (χ2n) is 9.75. The molecule has 0 aliphatic carbocycles. The van der Waals surface area contributed by atoms with Gasteiger partial charge in [0.05, 0.1) is 10.6 Å². The average Bonchev–Trinajstić information content (AvgIpc) is 2.94. The van der Waals surface area contributed by atoms with E-state index < -0.39 is 28.5 Å². The maximum absolute atomic E-state index is 14.2. The first kappa shape index (κ1) is 32.7. The average molecular weight is 639 g/mol. The van der Waals surface area contributed by atoms with Crippen LogP contribution in [0.4, 0.5) is 5.69 Å². The largest absolute Gasteiger partial charge is 0.352 e. The van der Waals surface area contributed by atoms with Gasteiger partial charge in [-0.05, 0) is 74.2 Å². The molecule has 0 saturated heterocycles. The molecule has 11 heteroatoms. The predicted molar refractivity (Wildman–Crippen MR) is 166 cm³/mol. The van der Waals surface area contributed by atoms with Gasteiger partial charge in [0.1, 0.15) is 12.6 Å². The van der Waals surface area contributed by atoms with E-state index in [-0.39, 0.29) is 29.1 Å². The van der Waals surface area contributed by atoms with Crippen molar-refractivity contribution >= 4 is 62.3 Å². The lowest BCUT2D eigenvalue weighted by Gasteiger charge is -2.34. The van der Waals surface area contributed by atoms with Gasteiger partial charge in [-0.25, -0.2) is 8.42 Å². The lowest BCUT2D eigenvalue weighted by atomic mass is 10.1. The van der Waals surface area contributed by atoms with Crippen LogP contribution in [0.3, 0.4) is 0 Å². The Morgan fingerprint density at radius 1 is 0.902 bits per heavy atom. The molecule has 0 aromatic heterocycles. The van der Waals surface area contributed by atoms with E-state index in [1.807, 2.05) is 13.8 Å². The minimum Gasteiger partial charge on any atom is -0.352 e. The van der Waals surface area contributed by atoms with Gasteiger partial charge in [-0.15, -0.1) is 0 Å². The van der Waals surface area contributed by atoms with E-state index in [0.717, 1.165) is 4.31 Å². The fourth-order valence-corrected chi connectivity index (χ4v) is 6.40. The molecule has 0 unspecified atom stereocenters. The number of rotatable bonds is 12. The van der Waals surface area contributed by atoms with Crippen LogP contribution in [0.2, 0.25) is 15.1 Å². The van der Waals surface area contributed by atoms with Gasteiger partial charge >= 0.3 is 0 Å². The Bertz CT molecular complexity index is 1490. The Labute approximate surface area is 257 Å². The first-order valence-corrected chi connectivity index (χ1v) is 15.8. The number of carbonyl (C=O) groups excluding carboxylic acids is 2. The zero-order chi connectivity index (χ0) is 30.3. The van der Waals surface area contributed by atoms with Crippen LogP contribution in [0.1, 0.15) is 44.7 Å².